The van der Waals surface area contributed by atoms with E-state index in [0.717, 1.165) is 12.8 Å². The van der Waals surface area contributed by atoms with Gasteiger partial charge in [-0.3, -0.25) is 0 Å². The molecule has 0 amide bonds. The van der Waals surface area contributed by atoms with E-state index in [-0.39, 0.29) is 5.41 Å². The minimum absolute atomic E-state index is 0.0444. The maximum atomic E-state index is 6.16. The van der Waals surface area contributed by atoms with Crippen LogP contribution in [-0.2, 0) is 5.41 Å². The first-order chi connectivity index (χ1) is 8.83. The Morgan fingerprint density at radius 2 is 1.28 bits per heavy atom. The average Bonchev–Trinajstić information content (AvgIpc) is 2.47. The number of nitrogens with two attached hydrogens (primary N) is 1. The molecule has 2 N–H and O–H groups in total. The molecule has 0 radical (unpaired) electrons. The molecule has 0 atom stereocenters. The molecule has 0 aliphatic heterocycles. The molecular weight excluding hydrogens is 218 g/mol. The van der Waals surface area contributed by atoms with Crippen LogP contribution in [0.4, 0.5) is 0 Å². The summed E-state index contributed by atoms with van der Waals surface area (Å²) < 4.78 is 0. The van der Waals surface area contributed by atoms with Crippen molar-refractivity contribution < 1.29 is 0 Å². The molecule has 0 spiro atoms. The highest BCUT2D eigenvalue weighted by atomic mass is 14.6. The van der Waals surface area contributed by atoms with Crippen LogP contribution in [0.2, 0.25) is 0 Å². The second-order valence-corrected chi connectivity index (χ2v) is 4.77. The third-order valence-corrected chi connectivity index (χ3v) is 3.68. The Hall–Kier alpha value is -1.60. The topological polar surface area (TPSA) is 26.0 Å². The summed E-state index contributed by atoms with van der Waals surface area (Å²) in [6.45, 7) is 2.87. The number of benzene rings is 2. The van der Waals surface area contributed by atoms with E-state index in [2.05, 4.69) is 67.6 Å². The lowest BCUT2D eigenvalue weighted by Crippen LogP contribution is -2.36. The van der Waals surface area contributed by atoms with Gasteiger partial charge >= 0.3 is 0 Å². The Labute approximate surface area is 110 Å². The summed E-state index contributed by atoms with van der Waals surface area (Å²) in [4.78, 5) is 0. The van der Waals surface area contributed by atoms with Crippen molar-refractivity contribution in [1.29, 1.82) is 0 Å². The van der Waals surface area contributed by atoms with E-state index in [1.807, 2.05) is 0 Å². The molecule has 1 nitrogen and oxygen atoms in total. The average molecular weight is 239 g/mol. The highest BCUT2D eigenvalue weighted by Crippen LogP contribution is 2.35. The van der Waals surface area contributed by atoms with E-state index >= 15 is 0 Å². The van der Waals surface area contributed by atoms with Crippen molar-refractivity contribution in [2.75, 3.05) is 6.54 Å². The SMILES string of the molecule is CCCC(CN)(c1ccccc1)c1ccccc1. The number of hydrogen-bond donors (Lipinski definition) is 1. The molecule has 18 heavy (non-hydrogen) atoms. The maximum Gasteiger partial charge on any atom is 0.0324 e. The molecule has 0 aliphatic carbocycles. The fraction of sp³-hybridized carbons (Fsp3) is 0.294. The van der Waals surface area contributed by atoms with Crippen LogP contribution in [0.5, 0.6) is 0 Å². The van der Waals surface area contributed by atoms with Gasteiger partial charge in [-0.15, -0.1) is 0 Å². The molecule has 2 aromatic carbocycles. The van der Waals surface area contributed by atoms with Crippen molar-refractivity contribution in [2.24, 2.45) is 5.73 Å². The Bertz CT molecular complexity index is 422. The van der Waals surface area contributed by atoms with Crippen molar-refractivity contribution in [2.45, 2.75) is 25.2 Å². The largest absolute Gasteiger partial charge is 0.329 e. The number of rotatable bonds is 5. The fourth-order valence-corrected chi connectivity index (χ4v) is 2.73. The molecule has 0 saturated heterocycles. The zero-order valence-corrected chi connectivity index (χ0v) is 11.0. The highest BCUT2D eigenvalue weighted by molar-refractivity contribution is 5.39. The fourth-order valence-electron chi connectivity index (χ4n) is 2.73. The minimum Gasteiger partial charge on any atom is -0.329 e. The van der Waals surface area contributed by atoms with Crippen LogP contribution in [0.3, 0.4) is 0 Å². The lowest BCUT2D eigenvalue weighted by Gasteiger charge is -2.33. The Balaban J connectivity index is 2.53. The van der Waals surface area contributed by atoms with E-state index in [9.17, 15) is 0 Å². The molecule has 0 bridgehead atoms. The maximum absolute atomic E-state index is 6.16. The molecule has 0 saturated carbocycles. The molecule has 0 heterocycles. The molecule has 0 aromatic heterocycles. The van der Waals surface area contributed by atoms with Crippen LogP contribution in [0.25, 0.3) is 0 Å². The predicted molar refractivity (Wildman–Crippen MR) is 77.6 cm³/mol. The third-order valence-electron chi connectivity index (χ3n) is 3.68. The highest BCUT2D eigenvalue weighted by Gasteiger charge is 2.31. The summed E-state index contributed by atoms with van der Waals surface area (Å²) in [5.74, 6) is 0. The summed E-state index contributed by atoms with van der Waals surface area (Å²) in [5, 5.41) is 0. The summed E-state index contributed by atoms with van der Waals surface area (Å²) in [6.07, 6.45) is 2.21. The van der Waals surface area contributed by atoms with Crippen molar-refractivity contribution in [1.82, 2.24) is 0 Å². The molecular formula is C17H21N. The summed E-state index contributed by atoms with van der Waals surface area (Å²) in [6, 6.07) is 21.3. The van der Waals surface area contributed by atoms with Gasteiger partial charge in [-0.1, -0.05) is 74.0 Å². The summed E-state index contributed by atoms with van der Waals surface area (Å²) in [7, 11) is 0. The summed E-state index contributed by atoms with van der Waals surface area (Å²) >= 11 is 0. The first-order valence-electron chi connectivity index (χ1n) is 6.64. The minimum atomic E-state index is -0.0444. The lowest BCUT2D eigenvalue weighted by atomic mass is 9.71. The van der Waals surface area contributed by atoms with Gasteiger partial charge < -0.3 is 5.73 Å². The molecule has 2 rings (SSSR count). The molecule has 2 aromatic rings. The van der Waals surface area contributed by atoms with Crippen LogP contribution in [-0.4, -0.2) is 6.54 Å². The second-order valence-electron chi connectivity index (χ2n) is 4.77. The molecule has 94 valence electrons. The van der Waals surface area contributed by atoms with E-state index in [1.54, 1.807) is 0 Å². The van der Waals surface area contributed by atoms with Gasteiger partial charge in [-0.2, -0.15) is 0 Å². The zero-order chi connectivity index (χ0) is 12.8. The molecule has 0 aliphatic rings. The van der Waals surface area contributed by atoms with Gasteiger partial charge in [0.15, 0.2) is 0 Å². The summed E-state index contributed by atoms with van der Waals surface area (Å²) in [5.41, 5.74) is 8.75. The molecule has 1 heteroatoms. The van der Waals surface area contributed by atoms with Crippen molar-refractivity contribution in [3.63, 3.8) is 0 Å². The number of hydrogen-bond acceptors (Lipinski definition) is 1. The van der Waals surface area contributed by atoms with Crippen molar-refractivity contribution in [3.05, 3.63) is 71.8 Å². The van der Waals surface area contributed by atoms with Crippen LogP contribution >= 0.6 is 0 Å². The zero-order valence-electron chi connectivity index (χ0n) is 11.0. The van der Waals surface area contributed by atoms with Crippen molar-refractivity contribution in [3.8, 4) is 0 Å². The first-order valence-corrected chi connectivity index (χ1v) is 6.64. The standard InChI is InChI=1S/C17H21N/c1-2-13-17(14-18,15-9-5-3-6-10-15)16-11-7-4-8-12-16/h3-12H,2,13-14,18H2,1H3. The van der Waals surface area contributed by atoms with Gasteiger partial charge in [0.1, 0.15) is 0 Å². The van der Waals surface area contributed by atoms with Crippen LogP contribution in [0.15, 0.2) is 60.7 Å². The van der Waals surface area contributed by atoms with Gasteiger partial charge in [-0.05, 0) is 17.5 Å². The smallest absolute Gasteiger partial charge is 0.0324 e. The van der Waals surface area contributed by atoms with Crippen LogP contribution in [0.1, 0.15) is 30.9 Å². The van der Waals surface area contributed by atoms with Gasteiger partial charge in [0.05, 0.1) is 0 Å². The molecule has 0 fully saturated rings. The molecule has 0 unspecified atom stereocenters. The van der Waals surface area contributed by atoms with Gasteiger partial charge in [0.25, 0.3) is 0 Å². The van der Waals surface area contributed by atoms with Crippen LogP contribution in [0, 0.1) is 0 Å². The van der Waals surface area contributed by atoms with Gasteiger partial charge in [-0.25, -0.2) is 0 Å². The Kier molecular flexibility index (Phi) is 4.16. The lowest BCUT2D eigenvalue weighted by molar-refractivity contribution is 0.476. The Morgan fingerprint density at radius 3 is 1.61 bits per heavy atom. The van der Waals surface area contributed by atoms with Crippen LogP contribution < -0.4 is 5.73 Å². The predicted octanol–water partition coefficient (Wildman–Crippen LogP) is 3.73. The van der Waals surface area contributed by atoms with E-state index in [0.29, 0.717) is 6.54 Å². The van der Waals surface area contributed by atoms with E-state index < -0.39 is 0 Å². The quantitative estimate of drug-likeness (QED) is 0.845. The second kappa shape index (κ2) is 5.83. The van der Waals surface area contributed by atoms with E-state index in [1.165, 1.54) is 11.1 Å². The third kappa shape index (κ3) is 2.32. The van der Waals surface area contributed by atoms with Crippen molar-refractivity contribution >= 4 is 0 Å². The van der Waals surface area contributed by atoms with E-state index in [4.69, 9.17) is 5.73 Å². The van der Waals surface area contributed by atoms with Gasteiger partial charge in [0.2, 0.25) is 0 Å². The normalized spacial score (nSPS) is 11.4. The van der Waals surface area contributed by atoms with Gasteiger partial charge in [0, 0.05) is 12.0 Å². The first kappa shape index (κ1) is 12.8. The monoisotopic (exact) mass is 239 g/mol. The Morgan fingerprint density at radius 1 is 0.833 bits per heavy atom.